The number of allylic oxidation sites excluding steroid dienone is 2. The minimum Gasteiger partial charge on any atom is -0.464 e. The van der Waals surface area contributed by atoms with Gasteiger partial charge in [-0.3, -0.25) is 4.90 Å². The number of ether oxygens (including phenoxy) is 1. The summed E-state index contributed by atoms with van der Waals surface area (Å²) in [6.45, 7) is 17.5. The number of carbonyl (C=O) groups is 1. The molecule has 0 bridgehead atoms. The molecule has 0 aromatic carbocycles. The maximum absolute atomic E-state index is 13.2. The lowest BCUT2D eigenvalue weighted by atomic mass is 9.69. The first kappa shape index (κ1) is 23.2. The number of amides is 1. The number of fused-ring (bicyclic) bond motifs is 3. The van der Waals surface area contributed by atoms with Crippen molar-refractivity contribution in [3.63, 3.8) is 0 Å². The molecule has 3 aliphatic rings. The third-order valence-corrected chi connectivity index (χ3v) is 7.44. The Kier molecular flexibility index (Phi) is 6.58. The maximum atomic E-state index is 13.2. The van der Waals surface area contributed by atoms with Gasteiger partial charge in [-0.15, -0.1) is 13.2 Å². The normalized spacial score (nSPS) is 27.0. The van der Waals surface area contributed by atoms with Gasteiger partial charge in [0.05, 0.1) is 0 Å². The SMILES string of the molecule is C=CCCCCN1CC[C@H]2c3cc(CCC=C)oc3[C@@H]3N(C(=O)OC(C)(C)C)CC[C@@]32C1. The van der Waals surface area contributed by atoms with Gasteiger partial charge in [-0.1, -0.05) is 12.2 Å². The summed E-state index contributed by atoms with van der Waals surface area (Å²) in [5, 5.41) is 0. The summed E-state index contributed by atoms with van der Waals surface area (Å²) in [6.07, 6.45) is 11.1. The average molecular weight is 441 g/mol. The molecular formula is C27H40N2O3. The van der Waals surface area contributed by atoms with Gasteiger partial charge < -0.3 is 14.1 Å². The second kappa shape index (κ2) is 9.09. The zero-order valence-electron chi connectivity index (χ0n) is 20.2. The predicted octanol–water partition coefficient (Wildman–Crippen LogP) is 6.23. The largest absolute Gasteiger partial charge is 0.464 e. The summed E-state index contributed by atoms with van der Waals surface area (Å²) < 4.78 is 12.3. The quantitative estimate of drug-likeness (QED) is 0.355. The molecule has 0 saturated carbocycles. The number of aryl methyl sites for hydroxylation is 1. The average Bonchev–Trinajstić information content (AvgIpc) is 3.35. The summed E-state index contributed by atoms with van der Waals surface area (Å²) in [6, 6.07) is 2.25. The molecule has 5 heteroatoms. The van der Waals surface area contributed by atoms with Gasteiger partial charge in [-0.05, 0) is 89.9 Å². The van der Waals surface area contributed by atoms with Gasteiger partial charge in [0.15, 0.2) is 0 Å². The number of likely N-dealkylation sites (tertiary alicyclic amines) is 2. The van der Waals surface area contributed by atoms with E-state index in [1.165, 1.54) is 18.4 Å². The molecule has 1 spiro atoms. The van der Waals surface area contributed by atoms with E-state index in [0.717, 1.165) is 69.8 Å². The fourth-order valence-corrected chi connectivity index (χ4v) is 6.17. The molecule has 32 heavy (non-hydrogen) atoms. The maximum Gasteiger partial charge on any atom is 0.410 e. The Morgan fingerprint density at radius 2 is 2.03 bits per heavy atom. The first-order valence-corrected chi connectivity index (χ1v) is 12.4. The van der Waals surface area contributed by atoms with Crippen LogP contribution < -0.4 is 0 Å². The highest BCUT2D eigenvalue weighted by molar-refractivity contribution is 5.70. The molecule has 0 N–H and O–H groups in total. The van der Waals surface area contributed by atoms with Crippen LogP contribution in [0.15, 0.2) is 35.8 Å². The highest BCUT2D eigenvalue weighted by Crippen LogP contribution is 2.65. The van der Waals surface area contributed by atoms with Gasteiger partial charge in [-0.2, -0.15) is 0 Å². The molecule has 2 fully saturated rings. The van der Waals surface area contributed by atoms with Crippen molar-refractivity contribution in [2.45, 2.75) is 83.3 Å². The summed E-state index contributed by atoms with van der Waals surface area (Å²) in [4.78, 5) is 17.8. The number of piperidine rings is 1. The smallest absolute Gasteiger partial charge is 0.410 e. The Morgan fingerprint density at radius 3 is 2.75 bits per heavy atom. The second-order valence-corrected chi connectivity index (χ2v) is 10.8. The van der Waals surface area contributed by atoms with Crippen molar-refractivity contribution in [2.75, 3.05) is 26.2 Å². The van der Waals surface area contributed by atoms with Crippen LogP contribution >= 0.6 is 0 Å². The van der Waals surface area contributed by atoms with Crippen molar-refractivity contribution in [3.05, 3.63) is 48.5 Å². The molecule has 3 heterocycles. The second-order valence-electron chi connectivity index (χ2n) is 10.8. The number of hydrogen-bond acceptors (Lipinski definition) is 4. The van der Waals surface area contributed by atoms with Crippen molar-refractivity contribution in [1.29, 1.82) is 0 Å². The number of rotatable bonds is 8. The number of unbranched alkanes of at least 4 members (excludes halogenated alkanes) is 2. The molecule has 1 aromatic heterocycles. The molecule has 3 atom stereocenters. The summed E-state index contributed by atoms with van der Waals surface area (Å²) in [5.74, 6) is 2.50. The van der Waals surface area contributed by atoms with Crippen molar-refractivity contribution in [1.82, 2.24) is 9.80 Å². The monoisotopic (exact) mass is 440 g/mol. The first-order valence-electron chi connectivity index (χ1n) is 12.4. The van der Waals surface area contributed by atoms with E-state index in [-0.39, 0.29) is 17.6 Å². The van der Waals surface area contributed by atoms with Gasteiger partial charge in [0.2, 0.25) is 0 Å². The fourth-order valence-electron chi connectivity index (χ4n) is 6.17. The number of hydrogen-bond donors (Lipinski definition) is 0. The molecule has 0 radical (unpaired) electrons. The van der Waals surface area contributed by atoms with E-state index in [9.17, 15) is 4.79 Å². The lowest BCUT2D eigenvalue weighted by Gasteiger charge is -2.45. The van der Waals surface area contributed by atoms with Gasteiger partial charge in [0.25, 0.3) is 0 Å². The van der Waals surface area contributed by atoms with E-state index < -0.39 is 5.60 Å². The number of furan rings is 1. The van der Waals surface area contributed by atoms with Crippen LogP contribution in [0, 0.1) is 5.41 Å². The Labute approximate surface area is 193 Å². The van der Waals surface area contributed by atoms with Crippen molar-refractivity contribution < 1.29 is 13.9 Å². The Hall–Kier alpha value is -2.01. The molecule has 2 aliphatic heterocycles. The van der Waals surface area contributed by atoms with Gasteiger partial charge in [0.1, 0.15) is 23.2 Å². The lowest BCUT2D eigenvalue weighted by molar-refractivity contribution is 0.00182. The van der Waals surface area contributed by atoms with E-state index in [1.807, 2.05) is 37.8 Å². The third-order valence-electron chi connectivity index (χ3n) is 7.44. The van der Waals surface area contributed by atoms with Crippen LogP contribution in [0.25, 0.3) is 0 Å². The Bertz CT molecular complexity index is 852. The van der Waals surface area contributed by atoms with E-state index in [2.05, 4.69) is 24.1 Å². The van der Waals surface area contributed by atoms with Crippen molar-refractivity contribution in [2.24, 2.45) is 5.41 Å². The highest BCUT2D eigenvalue weighted by atomic mass is 16.6. The summed E-state index contributed by atoms with van der Waals surface area (Å²) >= 11 is 0. The van der Waals surface area contributed by atoms with Crippen LogP contribution in [0.2, 0.25) is 0 Å². The molecule has 176 valence electrons. The van der Waals surface area contributed by atoms with Gasteiger partial charge in [-0.25, -0.2) is 4.79 Å². The molecule has 2 saturated heterocycles. The molecule has 0 unspecified atom stereocenters. The standard InChI is InChI=1S/C27H40N2O3/c1-6-8-10-11-15-28-16-13-22-21-18-20(12-9-7-2)31-23(21)24-27(22,19-28)14-17-29(24)25(30)32-26(3,4)5/h6-7,18,22,24H,1-2,8-17,19H2,3-5H3/t22-,24-,27-/m0/s1. The van der Waals surface area contributed by atoms with Crippen LogP contribution in [-0.2, 0) is 11.2 Å². The van der Waals surface area contributed by atoms with Crippen LogP contribution in [0.1, 0.15) is 88.3 Å². The predicted molar refractivity (Wildman–Crippen MR) is 128 cm³/mol. The molecule has 5 nitrogen and oxygen atoms in total. The van der Waals surface area contributed by atoms with E-state index >= 15 is 0 Å². The van der Waals surface area contributed by atoms with Gasteiger partial charge in [0, 0.05) is 24.9 Å². The number of carbonyl (C=O) groups excluding carboxylic acids is 1. The van der Waals surface area contributed by atoms with E-state index in [0.29, 0.717) is 5.92 Å². The van der Waals surface area contributed by atoms with E-state index in [4.69, 9.17) is 9.15 Å². The first-order chi connectivity index (χ1) is 15.3. The van der Waals surface area contributed by atoms with Crippen molar-refractivity contribution in [3.8, 4) is 0 Å². The Morgan fingerprint density at radius 1 is 1.25 bits per heavy atom. The minimum absolute atomic E-state index is 0.0224. The zero-order chi connectivity index (χ0) is 22.9. The molecular weight excluding hydrogens is 400 g/mol. The van der Waals surface area contributed by atoms with Crippen molar-refractivity contribution >= 4 is 6.09 Å². The zero-order valence-corrected chi connectivity index (χ0v) is 20.2. The highest BCUT2D eigenvalue weighted by Gasteiger charge is 2.63. The summed E-state index contributed by atoms with van der Waals surface area (Å²) in [7, 11) is 0. The molecule has 1 aromatic rings. The van der Waals surface area contributed by atoms with Crippen LogP contribution in [0.5, 0.6) is 0 Å². The minimum atomic E-state index is -0.504. The topological polar surface area (TPSA) is 45.9 Å². The summed E-state index contributed by atoms with van der Waals surface area (Å²) in [5.41, 5.74) is 0.877. The number of nitrogens with zero attached hydrogens (tertiary/aromatic N) is 2. The fraction of sp³-hybridized carbons (Fsp3) is 0.667. The molecule has 1 amide bonds. The van der Waals surface area contributed by atoms with Crippen LogP contribution in [0.3, 0.4) is 0 Å². The Balaban J connectivity index is 1.60. The van der Waals surface area contributed by atoms with Crippen LogP contribution in [0.4, 0.5) is 4.79 Å². The third kappa shape index (κ3) is 4.28. The molecule has 4 rings (SSSR count). The lowest BCUT2D eigenvalue weighted by Crippen LogP contribution is -2.48. The van der Waals surface area contributed by atoms with E-state index in [1.54, 1.807) is 0 Å². The molecule has 1 aliphatic carbocycles. The van der Waals surface area contributed by atoms with Gasteiger partial charge >= 0.3 is 6.09 Å². The van der Waals surface area contributed by atoms with Crippen LogP contribution in [-0.4, -0.2) is 47.7 Å².